The van der Waals surface area contributed by atoms with Crippen LogP contribution in [0.25, 0.3) is 0 Å². The van der Waals surface area contributed by atoms with E-state index in [0.29, 0.717) is 0 Å². The molecule has 0 aliphatic rings. The zero-order valence-electron chi connectivity index (χ0n) is 3.17. The molecule has 0 N–H and O–H groups in total. The van der Waals surface area contributed by atoms with E-state index in [1.54, 1.807) is 0 Å². The number of rotatable bonds is 0. The number of hydrogen-bond acceptors (Lipinski definition) is 0. The summed E-state index contributed by atoms with van der Waals surface area (Å²) in [6.45, 7) is 0. The van der Waals surface area contributed by atoms with E-state index in [0.717, 1.165) is 0 Å². The molecule has 0 atom stereocenters. The molecule has 6 heavy (non-hydrogen) atoms. The Bertz CT molecular complexity index is 15.5. The standard InChI is InChI=1S/CH3.Cr.Mo.Ti.V.W/h1H3;;;;;/q-1;;;;;. The van der Waals surface area contributed by atoms with Crippen LogP contribution in [0.5, 0.6) is 0 Å². The van der Waals surface area contributed by atoms with Gasteiger partial charge in [0.2, 0.25) is 0 Å². The minimum atomic E-state index is 0. The Kier molecular flexibility index (Phi) is 416. The molecule has 0 unspecified atom stereocenters. The Labute approximate surface area is 105 Å². The summed E-state index contributed by atoms with van der Waals surface area (Å²) < 4.78 is 0. The normalized spacial score (nSPS) is 0. The molecule has 0 aromatic heterocycles. The molecular formula is CH3CrMoTiVW-. The molecule has 0 heterocycles. The van der Waals surface area contributed by atoms with Crippen molar-refractivity contribution >= 4 is 0 Å². The van der Waals surface area contributed by atoms with Gasteiger partial charge in [-0.3, -0.25) is 0 Å². The summed E-state index contributed by atoms with van der Waals surface area (Å²) >= 11 is 0. The quantitative estimate of drug-likeness (QED) is 0.375. The van der Waals surface area contributed by atoms with Gasteiger partial charge in [-0.15, -0.1) is 0 Å². The second-order valence-corrected chi connectivity index (χ2v) is 0. The average Bonchev–Trinajstić information content (AvgIpc) is 0. The van der Waals surface area contributed by atoms with Gasteiger partial charge in [-0.05, 0) is 0 Å². The molecule has 0 aliphatic carbocycles. The summed E-state index contributed by atoms with van der Waals surface area (Å²) in [7, 11) is 0. The van der Waals surface area contributed by atoms with Gasteiger partial charge in [0.25, 0.3) is 0 Å². The van der Waals surface area contributed by atoms with Crippen LogP contribution in [0.2, 0.25) is 0 Å². The predicted molar refractivity (Wildman–Crippen MR) is 6.41 cm³/mol. The van der Waals surface area contributed by atoms with E-state index in [9.17, 15) is 0 Å². The maximum Gasteiger partial charge on any atom is 0 e. The minimum absolute atomic E-state index is 0. The van der Waals surface area contributed by atoms with Crippen molar-refractivity contribution in [2.24, 2.45) is 0 Å². The van der Waals surface area contributed by atoms with Gasteiger partial charge in [0, 0.05) is 99.8 Å². The summed E-state index contributed by atoms with van der Waals surface area (Å²) in [6, 6.07) is 0. The van der Waals surface area contributed by atoms with Gasteiger partial charge in [0.1, 0.15) is 0 Å². The smallest absolute Gasteiger partial charge is 0 e. The Morgan fingerprint density at radius 2 is 1.00 bits per heavy atom. The summed E-state index contributed by atoms with van der Waals surface area (Å²) in [5.74, 6) is 0. The molecule has 0 nitrogen and oxygen atoms in total. The second kappa shape index (κ2) is 41.4. The third kappa shape index (κ3) is 27.0. The van der Waals surface area contributed by atoms with Crippen LogP contribution < -0.4 is 0 Å². The Morgan fingerprint density at radius 1 is 1.00 bits per heavy atom. The molecule has 0 saturated carbocycles. The first-order valence-electron chi connectivity index (χ1n) is 0. The molecule has 5 heteroatoms. The molecule has 0 aliphatic heterocycles. The zero-order valence-corrected chi connectivity index (χ0v) is 12.3. The molecule has 0 aromatic rings. The van der Waals surface area contributed by atoms with Crippen molar-refractivity contribution in [2.75, 3.05) is 0 Å². The first-order chi connectivity index (χ1) is 0. The summed E-state index contributed by atoms with van der Waals surface area (Å²) in [4.78, 5) is 0. The molecular weight excluding hydrogens is 443 g/mol. The summed E-state index contributed by atoms with van der Waals surface area (Å²) in [5, 5.41) is 0. The van der Waals surface area contributed by atoms with E-state index in [-0.39, 0.29) is 107 Å². The molecule has 35 valence electrons. The second-order valence-electron chi connectivity index (χ2n) is 0. The van der Waals surface area contributed by atoms with Crippen LogP contribution in [0, 0.1) is 7.43 Å². The largest absolute Gasteiger partial charge is 0.358 e. The Morgan fingerprint density at radius 3 is 1.00 bits per heavy atom. The molecule has 1 radical (unpaired) electrons. The van der Waals surface area contributed by atoms with Gasteiger partial charge < -0.3 is 7.43 Å². The number of hydrogen-bond donors (Lipinski definition) is 0. The van der Waals surface area contributed by atoms with E-state index in [1.807, 2.05) is 0 Å². The van der Waals surface area contributed by atoms with Crippen molar-refractivity contribution < 1.29 is 99.8 Å². The zero-order chi connectivity index (χ0) is 0. The molecule has 0 aromatic carbocycles. The van der Waals surface area contributed by atoms with E-state index in [1.165, 1.54) is 0 Å². The Hall–Kier alpha value is 3.21. The first-order valence-corrected chi connectivity index (χ1v) is 0. The van der Waals surface area contributed by atoms with Crippen molar-refractivity contribution in [1.82, 2.24) is 0 Å². The summed E-state index contributed by atoms with van der Waals surface area (Å²) in [6.07, 6.45) is 0. The van der Waals surface area contributed by atoms with Gasteiger partial charge in [-0.25, -0.2) is 0 Å². The molecule has 0 fully saturated rings. The topological polar surface area (TPSA) is 0 Å². The molecule has 0 spiro atoms. The van der Waals surface area contributed by atoms with Crippen molar-refractivity contribution in [3.05, 3.63) is 7.43 Å². The molecule has 0 bridgehead atoms. The Balaban J connectivity index is 0. The summed E-state index contributed by atoms with van der Waals surface area (Å²) in [5.41, 5.74) is 0. The van der Waals surface area contributed by atoms with Crippen LogP contribution in [0.15, 0.2) is 0 Å². The van der Waals surface area contributed by atoms with E-state index >= 15 is 0 Å². The minimum Gasteiger partial charge on any atom is -0.358 e. The molecule has 0 rings (SSSR count). The predicted octanol–water partition coefficient (Wildman–Crippen LogP) is 0.438. The van der Waals surface area contributed by atoms with Crippen molar-refractivity contribution in [2.45, 2.75) is 0 Å². The van der Waals surface area contributed by atoms with Gasteiger partial charge in [0.05, 0.1) is 0 Å². The third-order valence-electron chi connectivity index (χ3n) is 0. The monoisotopic (exact) mass is 448 g/mol. The van der Waals surface area contributed by atoms with Crippen molar-refractivity contribution in [1.29, 1.82) is 0 Å². The maximum atomic E-state index is 0. The average molecular weight is 446 g/mol. The van der Waals surface area contributed by atoms with Crippen LogP contribution in [0.3, 0.4) is 0 Å². The van der Waals surface area contributed by atoms with Crippen molar-refractivity contribution in [3.63, 3.8) is 0 Å². The van der Waals surface area contributed by atoms with Gasteiger partial charge >= 0.3 is 0 Å². The van der Waals surface area contributed by atoms with Crippen LogP contribution in [-0.2, 0) is 99.8 Å². The van der Waals surface area contributed by atoms with Crippen LogP contribution in [0.4, 0.5) is 0 Å². The third-order valence-corrected chi connectivity index (χ3v) is 0. The van der Waals surface area contributed by atoms with Gasteiger partial charge in [-0.1, -0.05) is 0 Å². The SMILES string of the molecule is [CH3-].[Cr].[Mo].[Ti].[V].[W]. The fourth-order valence-electron chi connectivity index (χ4n) is 0. The fourth-order valence-corrected chi connectivity index (χ4v) is 0. The first kappa shape index (κ1) is 60.3. The van der Waals surface area contributed by atoms with Gasteiger partial charge in [-0.2, -0.15) is 0 Å². The van der Waals surface area contributed by atoms with E-state index in [2.05, 4.69) is 0 Å². The van der Waals surface area contributed by atoms with E-state index < -0.39 is 0 Å². The fraction of sp³-hybridized carbons (Fsp3) is 0. The van der Waals surface area contributed by atoms with Gasteiger partial charge in [0.15, 0.2) is 0 Å². The van der Waals surface area contributed by atoms with Crippen LogP contribution in [-0.4, -0.2) is 0 Å². The molecule has 0 saturated heterocycles. The van der Waals surface area contributed by atoms with Crippen molar-refractivity contribution in [3.8, 4) is 0 Å². The van der Waals surface area contributed by atoms with Crippen LogP contribution in [0.1, 0.15) is 0 Å². The van der Waals surface area contributed by atoms with Crippen LogP contribution >= 0.6 is 0 Å². The van der Waals surface area contributed by atoms with E-state index in [4.69, 9.17) is 0 Å². The molecule has 0 amide bonds. The maximum absolute atomic E-state index is 0.